The van der Waals surface area contributed by atoms with E-state index in [1.165, 1.54) is 11.3 Å². The topological polar surface area (TPSA) is 6.25 Å². The molecule has 1 aliphatic rings. The molecule has 0 aliphatic carbocycles. The van der Waals surface area contributed by atoms with E-state index in [9.17, 15) is 0 Å². The molecule has 1 aromatic rings. The zero-order valence-corrected chi connectivity index (χ0v) is 12.9. The van der Waals surface area contributed by atoms with Gasteiger partial charge in [0.25, 0.3) is 0 Å². The van der Waals surface area contributed by atoms with Gasteiger partial charge in [0.05, 0.1) is 6.42 Å². The van der Waals surface area contributed by atoms with E-state index in [0.29, 0.717) is 0 Å². The predicted octanol–water partition coefficient (Wildman–Crippen LogP) is 3.55. The first-order valence-electron chi connectivity index (χ1n) is 6.61. The summed E-state index contributed by atoms with van der Waals surface area (Å²) >= 11 is 5.93. The molecular weight excluding hydrogens is 256 g/mol. The van der Waals surface area contributed by atoms with E-state index in [1.54, 1.807) is 0 Å². The second kappa shape index (κ2) is 5.38. The molecular formula is C16H22ClN2+. The van der Waals surface area contributed by atoms with Gasteiger partial charge in [-0.05, 0) is 12.1 Å². The fourth-order valence-electron chi connectivity index (χ4n) is 2.34. The minimum absolute atomic E-state index is 0.133. The quantitative estimate of drug-likeness (QED) is 0.766. The fraction of sp³-hybridized carbons (Fsp3) is 0.438. The highest BCUT2D eigenvalue weighted by molar-refractivity contribution is 6.30. The highest BCUT2D eigenvalue weighted by Crippen LogP contribution is 2.25. The molecule has 0 atom stereocenters. The third-order valence-corrected chi connectivity index (χ3v) is 3.93. The summed E-state index contributed by atoms with van der Waals surface area (Å²) in [6.07, 6.45) is 5.47. The van der Waals surface area contributed by atoms with Crippen molar-refractivity contribution in [3.8, 4) is 0 Å². The van der Waals surface area contributed by atoms with Crippen LogP contribution in [0.5, 0.6) is 0 Å². The van der Waals surface area contributed by atoms with Crippen molar-refractivity contribution in [1.29, 1.82) is 0 Å². The lowest BCUT2D eigenvalue weighted by atomic mass is 9.94. The Labute approximate surface area is 121 Å². The molecule has 0 aromatic heterocycles. The second-order valence-corrected chi connectivity index (χ2v) is 6.38. The van der Waals surface area contributed by atoms with Crippen LogP contribution in [-0.2, 0) is 6.54 Å². The van der Waals surface area contributed by atoms with Gasteiger partial charge in [-0.1, -0.05) is 23.7 Å². The van der Waals surface area contributed by atoms with Gasteiger partial charge in [0.15, 0.2) is 18.3 Å². The summed E-state index contributed by atoms with van der Waals surface area (Å²) in [5.74, 6) is 0. The number of rotatable bonds is 3. The number of benzene rings is 1. The van der Waals surface area contributed by atoms with Gasteiger partial charge in [-0.25, -0.2) is 4.58 Å². The average molecular weight is 278 g/mol. The van der Waals surface area contributed by atoms with Gasteiger partial charge in [-0.3, -0.25) is 0 Å². The van der Waals surface area contributed by atoms with Crippen LogP contribution in [0.4, 0.5) is 0 Å². The van der Waals surface area contributed by atoms with Crippen molar-refractivity contribution in [2.45, 2.75) is 32.4 Å². The molecule has 0 spiro atoms. The summed E-state index contributed by atoms with van der Waals surface area (Å²) in [4.78, 5) is 2.19. The number of hydrogen-bond acceptors (Lipinski definition) is 1. The monoisotopic (exact) mass is 277 g/mol. The minimum atomic E-state index is 0.133. The molecule has 0 saturated heterocycles. The van der Waals surface area contributed by atoms with Gasteiger partial charge in [0.1, 0.15) is 0 Å². The molecule has 3 heteroatoms. The number of allylic oxidation sites excluding steroid dienone is 1. The van der Waals surface area contributed by atoms with Gasteiger partial charge in [-0.2, -0.15) is 0 Å². The standard InChI is InChI=1S/C16H22ClN2/c1-16(2)11-15(18(3)4)9-10-19(16)12-13-5-7-14(17)8-6-13/h5-10H,11-12H2,1-4H3/q+1. The van der Waals surface area contributed by atoms with E-state index in [0.717, 1.165) is 18.0 Å². The number of nitrogens with zero attached hydrogens (tertiary/aromatic N) is 2. The molecule has 0 radical (unpaired) electrons. The van der Waals surface area contributed by atoms with Crippen molar-refractivity contribution < 1.29 is 4.58 Å². The molecule has 2 rings (SSSR count). The Kier molecular flexibility index (Phi) is 4.00. The first kappa shape index (κ1) is 14.1. The molecule has 1 heterocycles. The highest BCUT2D eigenvalue weighted by Gasteiger charge is 2.34. The molecule has 0 saturated carbocycles. The minimum Gasteiger partial charge on any atom is -0.381 e. The average Bonchev–Trinajstić information content (AvgIpc) is 2.33. The van der Waals surface area contributed by atoms with Gasteiger partial charge < -0.3 is 4.90 Å². The van der Waals surface area contributed by atoms with Crippen LogP contribution in [0.1, 0.15) is 25.8 Å². The largest absolute Gasteiger partial charge is 0.381 e. The maximum Gasteiger partial charge on any atom is 0.168 e. The molecule has 1 aliphatic heterocycles. The second-order valence-electron chi connectivity index (χ2n) is 5.95. The maximum atomic E-state index is 5.93. The van der Waals surface area contributed by atoms with Crippen LogP contribution in [0, 0.1) is 0 Å². The van der Waals surface area contributed by atoms with Crippen LogP contribution in [0.3, 0.4) is 0 Å². The Morgan fingerprint density at radius 3 is 2.37 bits per heavy atom. The van der Waals surface area contributed by atoms with Crippen LogP contribution in [-0.4, -0.2) is 35.3 Å². The van der Waals surface area contributed by atoms with Gasteiger partial charge in [0.2, 0.25) is 0 Å². The lowest BCUT2D eigenvalue weighted by Gasteiger charge is -2.30. The first-order chi connectivity index (χ1) is 8.88. The first-order valence-corrected chi connectivity index (χ1v) is 6.99. The Morgan fingerprint density at radius 1 is 1.21 bits per heavy atom. The lowest BCUT2D eigenvalue weighted by molar-refractivity contribution is -0.612. The molecule has 0 amide bonds. The van der Waals surface area contributed by atoms with E-state index in [-0.39, 0.29) is 5.54 Å². The summed E-state index contributed by atoms with van der Waals surface area (Å²) in [5.41, 5.74) is 2.79. The van der Waals surface area contributed by atoms with Crippen molar-refractivity contribution >= 4 is 17.8 Å². The zero-order chi connectivity index (χ0) is 14.0. The van der Waals surface area contributed by atoms with Crippen molar-refractivity contribution in [3.63, 3.8) is 0 Å². The molecule has 1 aromatic carbocycles. The molecule has 0 bridgehead atoms. The predicted molar refractivity (Wildman–Crippen MR) is 81.9 cm³/mol. The summed E-state index contributed by atoms with van der Waals surface area (Å²) < 4.78 is 2.39. The molecule has 2 nitrogen and oxygen atoms in total. The Bertz CT molecular complexity index is 510. The lowest BCUT2D eigenvalue weighted by Crippen LogP contribution is -2.41. The third kappa shape index (κ3) is 3.38. The van der Waals surface area contributed by atoms with E-state index in [4.69, 9.17) is 11.6 Å². The Morgan fingerprint density at radius 2 is 1.84 bits per heavy atom. The van der Waals surface area contributed by atoms with E-state index >= 15 is 0 Å². The van der Waals surface area contributed by atoms with Crippen LogP contribution in [0.2, 0.25) is 5.02 Å². The Hall–Kier alpha value is -1.28. The van der Waals surface area contributed by atoms with Gasteiger partial charge >= 0.3 is 0 Å². The smallest absolute Gasteiger partial charge is 0.168 e. The molecule has 19 heavy (non-hydrogen) atoms. The van der Waals surface area contributed by atoms with E-state index in [1.807, 2.05) is 12.1 Å². The van der Waals surface area contributed by atoms with E-state index < -0.39 is 0 Å². The van der Waals surface area contributed by atoms with Crippen LogP contribution >= 0.6 is 11.6 Å². The van der Waals surface area contributed by atoms with Crippen LogP contribution < -0.4 is 0 Å². The van der Waals surface area contributed by atoms with Crippen molar-refractivity contribution in [2.24, 2.45) is 0 Å². The summed E-state index contributed by atoms with van der Waals surface area (Å²) in [5, 5.41) is 0.792. The zero-order valence-electron chi connectivity index (χ0n) is 12.2. The number of hydrogen-bond donors (Lipinski definition) is 0. The van der Waals surface area contributed by atoms with Crippen molar-refractivity contribution in [1.82, 2.24) is 4.90 Å². The molecule has 0 N–H and O–H groups in total. The number of halogens is 1. The normalized spacial score (nSPS) is 17.7. The summed E-state index contributed by atoms with van der Waals surface area (Å²) in [6.45, 7) is 5.49. The molecule has 0 fully saturated rings. The molecule has 0 unspecified atom stereocenters. The van der Waals surface area contributed by atoms with Gasteiger partial charge in [-0.15, -0.1) is 0 Å². The fourth-order valence-corrected chi connectivity index (χ4v) is 2.47. The van der Waals surface area contributed by atoms with Crippen LogP contribution in [0.15, 0.2) is 36.0 Å². The van der Waals surface area contributed by atoms with Crippen molar-refractivity contribution in [3.05, 3.63) is 46.6 Å². The van der Waals surface area contributed by atoms with Crippen molar-refractivity contribution in [2.75, 3.05) is 14.1 Å². The van der Waals surface area contributed by atoms with Gasteiger partial charge in [0, 0.05) is 50.3 Å². The highest BCUT2D eigenvalue weighted by atomic mass is 35.5. The summed E-state index contributed by atoms with van der Waals surface area (Å²) in [6, 6.07) is 8.10. The van der Waals surface area contributed by atoms with Crippen LogP contribution in [0.25, 0.3) is 0 Å². The summed E-state index contributed by atoms with van der Waals surface area (Å²) in [7, 11) is 4.20. The van der Waals surface area contributed by atoms with E-state index in [2.05, 4.69) is 61.8 Å². The molecule has 102 valence electrons. The maximum absolute atomic E-state index is 5.93. The SMILES string of the molecule is CN(C)C1=CC=[N+](Cc2ccc(Cl)cc2)C(C)(C)C1. The Balaban J connectivity index is 2.21. The third-order valence-electron chi connectivity index (χ3n) is 3.68.